The summed E-state index contributed by atoms with van der Waals surface area (Å²) in [7, 11) is 0. The number of aliphatic hydroxyl groups is 2. The highest BCUT2D eigenvalue weighted by Crippen LogP contribution is 2.22. The van der Waals surface area contributed by atoms with Gasteiger partial charge in [-0.1, -0.05) is 38.1 Å². The predicted molar refractivity (Wildman–Crippen MR) is 61.9 cm³/mol. The molecule has 0 heterocycles. The Morgan fingerprint density at radius 3 is 2.13 bits per heavy atom. The highest BCUT2D eigenvalue weighted by atomic mass is 16.3. The fraction of sp³-hybridized carbons (Fsp3) is 0.538. The van der Waals surface area contributed by atoms with E-state index in [1.54, 1.807) is 6.92 Å². The van der Waals surface area contributed by atoms with Gasteiger partial charge in [0.15, 0.2) is 0 Å². The normalized spacial score (nSPS) is 13.9. The molecule has 2 N–H and O–H groups in total. The van der Waals surface area contributed by atoms with Crippen molar-refractivity contribution in [1.29, 1.82) is 0 Å². The highest BCUT2D eigenvalue weighted by molar-refractivity contribution is 5.28. The Morgan fingerprint density at radius 1 is 1.20 bits per heavy atom. The van der Waals surface area contributed by atoms with Crippen LogP contribution >= 0.6 is 0 Å². The van der Waals surface area contributed by atoms with Gasteiger partial charge in [-0.15, -0.1) is 0 Å². The predicted octanol–water partition coefficient (Wildman–Crippen LogP) is 1.88. The monoisotopic (exact) mass is 208 g/mol. The van der Waals surface area contributed by atoms with Crippen molar-refractivity contribution in [2.24, 2.45) is 0 Å². The van der Waals surface area contributed by atoms with Gasteiger partial charge in [0.2, 0.25) is 0 Å². The topological polar surface area (TPSA) is 40.5 Å². The Bertz CT molecular complexity index is 299. The van der Waals surface area contributed by atoms with Crippen LogP contribution in [0.15, 0.2) is 24.3 Å². The molecule has 2 heteroatoms. The van der Waals surface area contributed by atoms with Crippen molar-refractivity contribution in [1.82, 2.24) is 0 Å². The number of benzene rings is 1. The van der Waals surface area contributed by atoms with Crippen LogP contribution in [0.25, 0.3) is 0 Å². The van der Waals surface area contributed by atoms with Gasteiger partial charge in [-0.05, 0) is 24.5 Å². The zero-order chi connectivity index (χ0) is 11.5. The molecule has 0 radical (unpaired) electrons. The number of rotatable bonds is 4. The van der Waals surface area contributed by atoms with Crippen molar-refractivity contribution >= 4 is 0 Å². The summed E-state index contributed by atoms with van der Waals surface area (Å²) in [5, 5.41) is 18.5. The maximum atomic E-state index is 9.24. The molecule has 1 rings (SSSR count). The Kier molecular flexibility index (Phi) is 3.89. The van der Waals surface area contributed by atoms with Crippen molar-refractivity contribution in [2.75, 3.05) is 6.61 Å². The standard InChI is InChI=1S/C13H20O2/c1-10(15)8-11-4-6-12(7-5-11)13(2,3)9-14/h4-7,10,14-15H,8-9H2,1-3H3. The van der Waals surface area contributed by atoms with Crippen LogP contribution < -0.4 is 0 Å². The van der Waals surface area contributed by atoms with Crippen molar-refractivity contribution in [3.8, 4) is 0 Å². The van der Waals surface area contributed by atoms with E-state index in [0.717, 1.165) is 11.1 Å². The van der Waals surface area contributed by atoms with Gasteiger partial charge < -0.3 is 10.2 Å². The quantitative estimate of drug-likeness (QED) is 0.793. The van der Waals surface area contributed by atoms with Crippen molar-refractivity contribution in [2.45, 2.75) is 38.7 Å². The van der Waals surface area contributed by atoms with E-state index < -0.39 is 0 Å². The van der Waals surface area contributed by atoms with Crippen LogP contribution in [0.2, 0.25) is 0 Å². The summed E-state index contributed by atoms with van der Waals surface area (Å²) in [5.74, 6) is 0. The molecule has 1 aromatic carbocycles. The molecule has 0 fully saturated rings. The molecule has 0 aliphatic heterocycles. The van der Waals surface area contributed by atoms with Gasteiger partial charge in [0, 0.05) is 5.41 Å². The summed E-state index contributed by atoms with van der Waals surface area (Å²) in [6.45, 7) is 5.95. The molecule has 1 atom stereocenters. The zero-order valence-electron chi connectivity index (χ0n) is 9.70. The maximum absolute atomic E-state index is 9.24. The SMILES string of the molecule is CC(O)Cc1ccc(C(C)(C)CO)cc1. The van der Waals surface area contributed by atoms with Gasteiger partial charge in [-0.3, -0.25) is 0 Å². The van der Waals surface area contributed by atoms with Crippen LogP contribution in [0.3, 0.4) is 0 Å². The smallest absolute Gasteiger partial charge is 0.0552 e. The second kappa shape index (κ2) is 4.77. The van der Waals surface area contributed by atoms with E-state index in [1.807, 2.05) is 38.1 Å². The molecule has 0 saturated carbocycles. The molecule has 2 nitrogen and oxygen atoms in total. The molecule has 1 unspecified atom stereocenters. The van der Waals surface area contributed by atoms with Gasteiger partial charge in [0.1, 0.15) is 0 Å². The molecular weight excluding hydrogens is 188 g/mol. The first-order valence-corrected chi connectivity index (χ1v) is 5.34. The van der Waals surface area contributed by atoms with Crippen LogP contribution in [-0.2, 0) is 11.8 Å². The summed E-state index contributed by atoms with van der Waals surface area (Å²) in [6, 6.07) is 8.07. The van der Waals surface area contributed by atoms with E-state index >= 15 is 0 Å². The first-order chi connectivity index (χ1) is 6.95. The second-order valence-electron chi connectivity index (χ2n) is 4.79. The van der Waals surface area contributed by atoms with Crippen molar-refractivity contribution < 1.29 is 10.2 Å². The van der Waals surface area contributed by atoms with Gasteiger partial charge in [-0.25, -0.2) is 0 Å². The maximum Gasteiger partial charge on any atom is 0.0552 e. The molecule has 84 valence electrons. The van der Waals surface area contributed by atoms with E-state index in [0.29, 0.717) is 6.42 Å². The van der Waals surface area contributed by atoms with E-state index in [1.165, 1.54) is 0 Å². The molecule has 0 aliphatic carbocycles. The lowest BCUT2D eigenvalue weighted by Crippen LogP contribution is -2.21. The van der Waals surface area contributed by atoms with Crippen molar-refractivity contribution in [3.63, 3.8) is 0 Å². The van der Waals surface area contributed by atoms with Crippen LogP contribution in [0.1, 0.15) is 31.9 Å². The van der Waals surface area contributed by atoms with Gasteiger partial charge in [0.05, 0.1) is 12.7 Å². The average molecular weight is 208 g/mol. The lowest BCUT2D eigenvalue weighted by Gasteiger charge is -2.22. The Morgan fingerprint density at radius 2 is 1.73 bits per heavy atom. The highest BCUT2D eigenvalue weighted by Gasteiger charge is 2.18. The third-order valence-corrected chi connectivity index (χ3v) is 2.66. The zero-order valence-corrected chi connectivity index (χ0v) is 9.70. The molecule has 0 bridgehead atoms. The van der Waals surface area contributed by atoms with Crippen LogP contribution in [0.4, 0.5) is 0 Å². The molecule has 0 aliphatic rings. The minimum atomic E-state index is -0.304. The lowest BCUT2D eigenvalue weighted by molar-refractivity contribution is 0.195. The summed E-state index contributed by atoms with van der Waals surface area (Å²) >= 11 is 0. The molecule has 1 aromatic rings. The first-order valence-electron chi connectivity index (χ1n) is 5.34. The first kappa shape index (κ1) is 12.2. The lowest BCUT2D eigenvalue weighted by atomic mass is 9.85. The summed E-state index contributed by atoms with van der Waals surface area (Å²) < 4.78 is 0. The third kappa shape index (κ3) is 3.33. The van der Waals surface area contributed by atoms with Crippen molar-refractivity contribution in [3.05, 3.63) is 35.4 Å². The van der Waals surface area contributed by atoms with E-state index in [-0.39, 0.29) is 18.1 Å². The van der Waals surface area contributed by atoms with Crippen LogP contribution in [-0.4, -0.2) is 22.9 Å². The molecule has 0 saturated heterocycles. The number of hydrogen-bond acceptors (Lipinski definition) is 2. The van der Waals surface area contributed by atoms with Crippen LogP contribution in [0, 0.1) is 0 Å². The summed E-state index contributed by atoms with van der Waals surface area (Å²) in [6.07, 6.45) is 0.376. The van der Waals surface area contributed by atoms with Gasteiger partial charge in [-0.2, -0.15) is 0 Å². The number of aliphatic hydroxyl groups excluding tert-OH is 2. The van der Waals surface area contributed by atoms with Crippen LogP contribution in [0.5, 0.6) is 0 Å². The van der Waals surface area contributed by atoms with E-state index in [2.05, 4.69) is 0 Å². The van der Waals surface area contributed by atoms with Gasteiger partial charge in [0.25, 0.3) is 0 Å². The van der Waals surface area contributed by atoms with E-state index in [9.17, 15) is 10.2 Å². The minimum Gasteiger partial charge on any atom is -0.395 e. The Balaban J connectivity index is 2.81. The molecular formula is C13H20O2. The second-order valence-corrected chi connectivity index (χ2v) is 4.79. The van der Waals surface area contributed by atoms with Gasteiger partial charge >= 0.3 is 0 Å². The molecule has 15 heavy (non-hydrogen) atoms. The fourth-order valence-corrected chi connectivity index (χ4v) is 1.52. The Hall–Kier alpha value is -0.860. The molecule has 0 aromatic heterocycles. The largest absolute Gasteiger partial charge is 0.395 e. The molecule has 0 spiro atoms. The van der Waals surface area contributed by atoms with E-state index in [4.69, 9.17) is 0 Å². The summed E-state index contributed by atoms with van der Waals surface area (Å²) in [4.78, 5) is 0. The minimum absolute atomic E-state index is 0.142. The average Bonchev–Trinajstić information content (AvgIpc) is 2.18. The Labute approximate surface area is 91.6 Å². The molecule has 0 amide bonds. The fourth-order valence-electron chi connectivity index (χ4n) is 1.52. The third-order valence-electron chi connectivity index (χ3n) is 2.66. The summed E-state index contributed by atoms with van der Waals surface area (Å²) in [5.41, 5.74) is 2.06. The number of hydrogen-bond donors (Lipinski definition) is 2.